The monoisotopic (exact) mass is 417 g/mol. The van der Waals surface area contributed by atoms with E-state index in [0.717, 1.165) is 35.6 Å². The molecule has 2 aromatic carbocycles. The number of amides is 1. The summed E-state index contributed by atoms with van der Waals surface area (Å²) in [5.74, 6) is -0.517. The molecule has 10 heteroatoms. The minimum atomic E-state index is -4.48. The largest absolute Gasteiger partial charge is 0.416 e. The number of halogens is 3. The first-order valence-corrected chi connectivity index (χ1v) is 9.24. The van der Waals surface area contributed by atoms with Crippen molar-refractivity contribution in [3.05, 3.63) is 71.5 Å². The summed E-state index contributed by atoms with van der Waals surface area (Å²) in [6.07, 6.45) is -3.31. The van der Waals surface area contributed by atoms with Crippen LogP contribution >= 0.6 is 0 Å². The van der Waals surface area contributed by atoms with Gasteiger partial charge >= 0.3 is 6.18 Å². The van der Waals surface area contributed by atoms with Gasteiger partial charge in [0.25, 0.3) is 5.91 Å². The van der Waals surface area contributed by atoms with E-state index in [2.05, 4.69) is 20.8 Å². The van der Waals surface area contributed by atoms with Crippen LogP contribution in [0.15, 0.2) is 54.7 Å². The highest BCUT2D eigenvalue weighted by Crippen LogP contribution is 2.30. The zero-order chi connectivity index (χ0) is 21.1. The maximum atomic E-state index is 12.9. The number of nitrogens with one attached hydrogen (secondary N) is 2. The van der Waals surface area contributed by atoms with E-state index in [1.165, 1.54) is 18.3 Å². The molecule has 1 aliphatic heterocycles. The fourth-order valence-corrected chi connectivity index (χ4v) is 3.05. The van der Waals surface area contributed by atoms with Crippen molar-refractivity contribution in [2.24, 2.45) is 0 Å². The normalized spacial score (nSPS) is 17.0. The van der Waals surface area contributed by atoms with Gasteiger partial charge in [-0.2, -0.15) is 23.1 Å². The van der Waals surface area contributed by atoms with Gasteiger partial charge in [0, 0.05) is 18.8 Å². The zero-order valence-electron chi connectivity index (χ0n) is 15.7. The molecule has 3 aromatic rings. The van der Waals surface area contributed by atoms with E-state index in [4.69, 9.17) is 4.74 Å². The van der Waals surface area contributed by atoms with E-state index in [1.807, 2.05) is 12.1 Å². The second kappa shape index (κ2) is 8.25. The lowest BCUT2D eigenvalue weighted by Crippen LogP contribution is -2.33. The van der Waals surface area contributed by atoms with Crippen molar-refractivity contribution in [1.82, 2.24) is 20.3 Å². The molecule has 1 unspecified atom stereocenters. The number of nitrogens with zero attached hydrogens (tertiary/aromatic N) is 3. The summed E-state index contributed by atoms with van der Waals surface area (Å²) < 4.78 is 44.3. The van der Waals surface area contributed by atoms with Crippen LogP contribution in [0, 0.1) is 0 Å². The Kier molecular flexibility index (Phi) is 5.51. The van der Waals surface area contributed by atoms with Crippen LogP contribution in [0.1, 0.15) is 27.7 Å². The number of rotatable bonds is 4. The van der Waals surface area contributed by atoms with Gasteiger partial charge in [-0.1, -0.05) is 18.2 Å². The molecule has 1 fully saturated rings. The fourth-order valence-electron chi connectivity index (χ4n) is 3.05. The van der Waals surface area contributed by atoms with Gasteiger partial charge in [-0.3, -0.25) is 4.79 Å². The molecule has 156 valence electrons. The van der Waals surface area contributed by atoms with E-state index in [1.54, 1.807) is 12.1 Å². The number of ether oxygens (including phenoxy) is 1. The second-order valence-corrected chi connectivity index (χ2v) is 6.71. The van der Waals surface area contributed by atoms with Gasteiger partial charge in [-0.05, 0) is 35.9 Å². The van der Waals surface area contributed by atoms with Crippen LogP contribution in [0.5, 0.6) is 0 Å². The van der Waals surface area contributed by atoms with Crippen LogP contribution in [-0.2, 0) is 10.9 Å². The maximum Gasteiger partial charge on any atom is 0.416 e. The number of carbonyl (C=O) groups excluding carboxylic acids is 1. The van der Waals surface area contributed by atoms with Crippen molar-refractivity contribution in [3.63, 3.8) is 0 Å². The number of morpholine rings is 1. The molecule has 7 nitrogen and oxygen atoms in total. The Morgan fingerprint density at radius 2 is 2.00 bits per heavy atom. The standard InChI is InChI=1S/C20H18F3N5O2/c21-20(22,23)14-2-1-3-16(10-14)28-25-11-17(27-28)19(29)26-15-6-4-13(5-7-15)18-12-24-8-9-30-18/h1-7,10-11,18,24H,8-9,12H2,(H,26,29). The molecular formula is C20H18F3N5O2. The number of aromatic nitrogens is 3. The summed E-state index contributed by atoms with van der Waals surface area (Å²) in [6, 6.07) is 11.8. The van der Waals surface area contributed by atoms with Crippen molar-refractivity contribution in [1.29, 1.82) is 0 Å². The van der Waals surface area contributed by atoms with Crippen LogP contribution in [0.25, 0.3) is 5.69 Å². The molecule has 2 N–H and O–H groups in total. The maximum absolute atomic E-state index is 12.9. The Bertz CT molecular complexity index is 1030. The van der Waals surface area contributed by atoms with Gasteiger partial charge in [0.2, 0.25) is 0 Å². The van der Waals surface area contributed by atoms with Gasteiger partial charge in [-0.25, -0.2) is 0 Å². The van der Waals surface area contributed by atoms with Crippen molar-refractivity contribution in [2.45, 2.75) is 12.3 Å². The predicted molar refractivity (Wildman–Crippen MR) is 102 cm³/mol. The lowest BCUT2D eigenvalue weighted by molar-refractivity contribution is -0.137. The van der Waals surface area contributed by atoms with Crippen molar-refractivity contribution in [2.75, 3.05) is 25.0 Å². The predicted octanol–water partition coefficient (Wildman–Crippen LogP) is 3.20. The van der Waals surface area contributed by atoms with Gasteiger partial charge in [0.1, 0.15) is 0 Å². The van der Waals surface area contributed by atoms with Crippen LogP contribution in [-0.4, -0.2) is 40.6 Å². The van der Waals surface area contributed by atoms with E-state index in [0.29, 0.717) is 12.3 Å². The highest BCUT2D eigenvalue weighted by molar-refractivity contribution is 6.02. The molecule has 0 saturated carbocycles. The average molecular weight is 417 g/mol. The molecule has 30 heavy (non-hydrogen) atoms. The lowest BCUT2D eigenvalue weighted by Gasteiger charge is -2.24. The Balaban J connectivity index is 1.44. The Morgan fingerprint density at radius 1 is 1.20 bits per heavy atom. The Labute approximate surface area is 169 Å². The SMILES string of the molecule is O=C(Nc1ccc(C2CNCCO2)cc1)c1cnn(-c2cccc(C(F)(F)F)c2)n1. The van der Waals surface area contributed by atoms with E-state index >= 15 is 0 Å². The van der Waals surface area contributed by atoms with E-state index in [9.17, 15) is 18.0 Å². The molecule has 0 aliphatic carbocycles. The molecule has 1 amide bonds. The summed E-state index contributed by atoms with van der Waals surface area (Å²) in [7, 11) is 0. The van der Waals surface area contributed by atoms with Gasteiger partial charge in [0.15, 0.2) is 5.69 Å². The fraction of sp³-hybridized carbons (Fsp3) is 0.250. The average Bonchev–Trinajstić information content (AvgIpc) is 3.25. The van der Waals surface area contributed by atoms with Gasteiger partial charge in [0.05, 0.1) is 30.2 Å². The first kappa shape index (κ1) is 20.0. The number of hydrogen-bond acceptors (Lipinski definition) is 5. The lowest BCUT2D eigenvalue weighted by atomic mass is 10.1. The first-order chi connectivity index (χ1) is 14.4. The number of anilines is 1. The van der Waals surface area contributed by atoms with Crippen LogP contribution in [0.3, 0.4) is 0 Å². The highest BCUT2D eigenvalue weighted by atomic mass is 19.4. The van der Waals surface area contributed by atoms with Crippen LogP contribution in [0.2, 0.25) is 0 Å². The molecule has 0 spiro atoms. The summed E-state index contributed by atoms with van der Waals surface area (Å²) in [5, 5.41) is 13.8. The topological polar surface area (TPSA) is 81.1 Å². The minimum Gasteiger partial charge on any atom is -0.371 e. The molecule has 4 rings (SSSR count). The molecule has 1 atom stereocenters. The summed E-state index contributed by atoms with van der Waals surface area (Å²) in [6.45, 7) is 2.20. The molecule has 2 heterocycles. The van der Waals surface area contributed by atoms with E-state index < -0.39 is 17.6 Å². The second-order valence-electron chi connectivity index (χ2n) is 6.71. The van der Waals surface area contributed by atoms with Crippen LogP contribution < -0.4 is 10.6 Å². The van der Waals surface area contributed by atoms with Crippen molar-refractivity contribution >= 4 is 11.6 Å². The molecule has 0 radical (unpaired) electrons. The smallest absolute Gasteiger partial charge is 0.371 e. The Hall–Kier alpha value is -3.24. The third-order valence-corrected chi connectivity index (χ3v) is 4.60. The number of alkyl halides is 3. The summed E-state index contributed by atoms with van der Waals surface area (Å²) in [5.41, 5.74) is 0.822. The molecule has 1 saturated heterocycles. The molecular weight excluding hydrogens is 399 g/mol. The first-order valence-electron chi connectivity index (χ1n) is 9.24. The summed E-state index contributed by atoms with van der Waals surface area (Å²) in [4.78, 5) is 13.4. The number of carbonyl (C=O) groups is 1. The summed E-state index contributed by atoms with van der Waals surface area (Å²) >= 11 is 0. The zero-order valence-corrected chi connectivity index (χ0v) is 15.7. The van der Waals surface area contributed by atoms with E-state index in [-0.39, 0.29) is 17.5 Å². The van der Waals surface area contributed by atoms with Crippen molar-refractivity contribution in [3.8, 4) is 5.69 Å². The quantitative estimate of drug-likeness (QED) is 0.682. The Morgan fingerprint density at radius 3 is 2.70 bits per heavy atom. The van der Waals surface area contributed by atoms with Crippen molar-refractivity contribution < 1.29 is 22.7 Å². The number of hydrogen-bond donors (Lipinski definition) is 2. The van der Waals surface area contributed by atoms with Gasteiger partial charge < -0.3 is 15.4 Å². The number of benzene rings is 2. The molecule has 0 bridgehead atoms. The highest BCUT2D eigenvalue weighted by Gasteiger charge is 2.30. The minimum absolute atomic E-state index is 0.0173. The molecule has 1 aliphatic rings. The molecule has 1 aromatic heterocycles. The van der Waals surface area contributed by atoms with Gasteiger partial charge in [-0.15, -0.1) is 5.10 Å². The van der Waals surface area contributed by atoms with Crippen LogP contribution in [0.4, 0.5) is 18.9 Å². The third-order valence-electron chi connectivity index (χ3n) is 4.60. The third kappa shape index (κ3) is 4.50.